The standard InChI is InChI=1S/C18H19N5O2/c1-10-7-5-6-8-14(10)17(25)20-15-9-11(2)22-23(15)18-19-13(4)12(3)16(24)21-18/h5-9H,1-4H3,(H,20,25)(H,19,21,24). The molecular formula is C18H19N5O2. The molecule has 0 atom stereocenters. The number of nitrogens with one attached hydrogen (secondary N) is 2. The number of carbonyl (C=O) groups excluding carboxylic acids is 1. The SMILES string of the molecule is Cc1cc(NC(=O)c2ccccc2C)n(-c2nc(C)c(C)c(=O)[nH]2)n1. The molecule has 1 amide bonds. The van der Waals surface area contributed by atoms with Crippen LogP contribution in [0.4, 0.5) is 5.82 Å². The van der Waals surface area contributed by atoms with Crippen LogP contribution in [0, 0.1) is 27.7 Å². The molecule has 3 aromatic rings. The summed E-state index contributed by atoms with van der Waals surface area (Å²) in [7, 11) is 0. The van der Waals surface area contributed by atoms with Gasteiger partial charge in [0.1, 0.15) is 5.82 Å². The van der Waals surface area contributed by atoms with Crippen LogP contribution in [0.1, 0.15) is 32.9 Å². The number of H-pyrrole nitrogens is 1. The Labute approximate surface area is 144 Å². The highest BCUT2D eigenvalue weighted by Crippen LogP contribution is 2.16. The fourth-order valence-electron chi connectivity index (χ4n) is 2.49. The van der Waals surface area contributed by atoms with E-state index in [2.05, 4.69) is 20.4 Å². The van der Waals surface area contributed by atoms with Crippen LogP contribution in [0.3, 0.4) is 0 Å². The molecule has 0 saturated heterocycles. The third kappa shape index (κ3) is 3.21. The summed E-state index contributed by atoms with van der Waals surface area (Å²) < 4.78 is 1.43. The second-order valence-electron chi connectivity index (χ2n) is 5.95. The number of amides is 1. The van der Waals surface area contributed by atoms with Crippen LogP contribution < -0.4 is 10.9 Å². The molecule has 0 fully saturated rings. The molecule has 1 aromatic carbocycles. The first-order chi connectivity index (χ1) is 11.9. The quantitative estimate of drug-likeness (QED) is 0.768. The minimum absolute atomic E-state index is 0.230. The molecule has 25 heavy (non-hydrogen) atoms. The number of nitrogens with zero attached hydrogens (tertiary/aromatic N) is 3. The topological polar surface area (TPSA) is 92.7 Å². The fraction of sp³-hybridized carbons (Fsp3) is 0.222. The second-order valence-corrected chi connectivity index (χ2v) is 5.95. The molecule has 2 N–H and O–H groups in total. The van der Waals surface area contributed by atoms with Gasteiger partial charge in [0.05, 0.1) is 5.69 Å². The van der Waals surface area contributed by atoms with Crippen molar-refractivity contribution >= 4 is 11.7 Å². The van der Waals surface area contributed by atoms with Crippen LogP contribution in [0.5, 0.6) is 0 Å². The van der Waals surface area contributed by atoms with E-state index < -0.39 is 0 Å². The van der Waals surface area contributed by atoms with E-state index in [0.29, 0.717) is 28.3 Å². The number of anilines is 1. The van der Waals surface area contributed by atoms with Crippen molar-refractivity contribution in [2.45, 2.75) is 27.7 Å². The maximum atomic E-state index is 12.6. The van der Waals surface area contributed by atoms with Gasteiger partial charge < -0.3 is 5.32 Å². The molecule has 0 unspecified atom stereocenters. The van der Waals surface area contributed by atoms with Crippen molar-refractivity contribution in [3.8, 4) is 5.95 Å². The Kier molecular flexibility index (Phi) is 4.22. The molecule has 0 aliphatic rings. The molecule has 128 valence electrons. The number of aromatic nitrogens is 4. The van der Waals surface area contributed by atoms with Crippen molar-refractivity contribution in [2.75, 3.05) is 5.32 Å². The summed E-state index contributed by atoms with van der Waals surface area (Å²) in [6.45, 7) is 7.15. The van der Waals surface area contributed by atoms with Gasteiger partial charge in [0, 0.05) is 22.9 Å². The zero-order valence-corrected chi connectivity index (χ0v) is 14.5. The highest BCUT2D eigenvalue weighted by Gasteiger charge is 2.16. The van der Waals surface area contributed by atoms with Crippen LogP contribution >= 0.6 is 0 Å². The van der Waals surface area contributed by atoms with E-state index in [9.17, 15) is 9.59 Å². The van der Waals surface area contributed by atoms with Gasteiger partial charge in [-0.2, -0.15) is 9.78 Å². The number of hydrogen-bond donors (Lipinski definition) is 2. The van der Waals surface area contributed by atoms with Gasteiger partial charge in [-0.3, -0.25) is 14.6 Å². The lowest BCUT2D eigenvalue weighted by Gasteiger charge is -2.10. The van der Waals surface area contributed by atoms with E-state index in [1.165, 1.54) is 4.68 Å². The zero-order valence-electron chi connectivity index (χ0n) is 14.5. The maximum Gasteiger partial charge on any atom is 0.257 e. The molecule has 0 aliphatic heterocycles. The van der Waals surface area contributed by atoms with Gasteiger partial charge in [0.2, 0.25) is 5.95 Å². The maximum absolute atomic E-state index is 12.6. The Balaban J connectivity index is 2.01. The number of aryl methyl sites for hydroxylation is 3. The van der Waals surface area contributed by atoms with Gasteiger partial charge in [-0.1, -0.05) is 18.2 Å². The van der Waals surface area contributed by atoms with Crippen molar-refractivity contribution in [3.63, 3.8) is 0 Å². The molecule has 0 aliphatic carbocycles. The number of carbonyl (C=O) groups is 1. The highest BCUT2D eigenvalue weighted by atomic mass is 16.2. The predicted molar refractivity (Wildman–Crippen MR) is 95.3 cm³/mol. The molecule has 7 nitrogen and oxygen atoms in total. The van der Waals surface area contributed by atoms with Crippen molar-refractivity contribution in [1.82, 2.24) is 19.7 Å². The molecule has 0 radical (unpaired) electrons. The van der Waals surface area contributed by atoms with E-state index in [1.807, 2.05) is 25.1 Å². The number of hydrogen-bond acceptors (Lipinski definition) is 4. The predicted octanol–water partition coefficient (Wildman–Crippen LogP) is 2.44. The minimum atomic E-state index is -0.245. The summed E-state index contributed by atoms with van der Waals surface area (Å²) in [5.74, 6) is 0.462. The van der Waals surface area contributed by atoms with Crippen LogP contribution in [-0.4, -0.2) is 25.7 Å². The Morgan fingerprint density at radius 3 is 2.56 bits per heavy atom. The van der Waals surface area contributed by atoms with E-state index >= 15 is 0 Å². The van der Waals surface area contributed by atoms with Crippen LogP contribution in [0.2, 0.25) is 0 Å². The first-order valence-corrected chi connectivity index (χ1v) is 7.88. The van der Waals surface area contributed by atoms with E-state index in [0.717, 1.165) is 5.56 Å². The molecular weight excluding hydrogens is 318 g/mol. The van der Waals surface area contributed by atoms with Gasteiger partial charge in [0.25, 0.3) is 11.5 Å². The normalized spacial score (nSPS) is 10.7. The molecule has 0 saturated carbocycles. The average molecular weight is 337 g/mol. The van der Waals surface area contributed by atoms with Gasteiger partial charge in [0.15, 0.2) is 0 Å². The number of benzene rings is 1. The molecule has 0 spiro atoms. The first-order valence-electron chi connectivity index (χ1n) is 7.88. The summed E-state index contributed by atoms with van der Waals surface area (Å²) in [6.07, 6.45) is 0. The number of aromatic amines is 1. The largest absolute Gasteiger partial charge is 0.306 e. The van der Waals surface area contributed by atoms with Gasteiger partial charge in [-0.15, -0.1) is 0 Å². The van der Waals surface area contributed by atoms with Gasteiger partial charge in [-0.05, 0) is 39.3 Å². The van der Waals surface area contributed by atoms with E-state index in [-0.39, 0.29) is 17.4 Å². The second kappa shape index (κ2) is 6.35. The van der Waals surface area contributed by atoms with Crippen LogP contribution in [0.15, 0.2) is 35.1 Å². The molecule has 2 aromatic heterocycles. The third-order valence-corrected chi connectivity index (χ3v) is 4.05. The summed E-state index contributed by atoms with van der Waals surface area (Å²) in [5, 5.41) is 7.17. The van der Waals surface area contributed by atoms with Crippen molar-refractivity contribution in [1.29, 1.82) is 0 Å². The fourth-order valence-corrected chi connectivity index (χ4v) is 2.49. The number of rotatable bonds is 3. The lowest BCUT2D eigenvalue weighted by Crippen LogP contribution is -2.21. The average Bonchev–Trinajstić information content (AvgIpc) is 2.93. The lowest BCUT2D eigenvalue weighted by molar-refractivity contribution is 0.102. The molecule has 0 bridgehead atoms. The minimum Gasteiger partial charge on any atom is -0.306 e. The first kappa shape index (κ1) is 16.6. The Morgan fingerprint density at radius 2 is 1.88 bits per heavy atom. The van der Waals surface area contributed by atoms with Crippen molar-refractivity contribution in [3.05, 3.63) is 68.8 Å². The summed E-state index contributed by atoms with van der Waals surface area (Å²) in [4.78, 5) is 31.6. The Hall–Kier alpha value is -3.22. The summed E-state index contributed by atoms with van der Waals surface area (Å²) in [6, 6.07) is 9.05. The third-order valence-electron chi connectivity index (χ3n) is 4.05. The van der Waals surface area contributed by atoms with Crippen molar-refractivity contribution < 1.29 is 4.79 Å². The van der Waals surface area contributed by atoms with E-state index in [4.69, 9.17) is 0 Å². The van der Waals surface area contributed by atoms with Crippen LogP contribution in [0.25, 0.3) is 5.95 Å². The summed E-state index contributed by atoms with van der Waals surface area (Å²) >= 11 is 0. The lowest BCUT2D eigenvalue weighted by atomic mass is 10.1. The molecule has 7 heteroatoms. The summed E-state index contributed by atoms with van der Waals surface area (Å²) in [5.41, 5.74) is 3.09. The zero-order chi connectivity index (χ0) is 18.1. The molecule has 3 rings (SSSR count). The Morgan fingerprint density at radius 1 is 1.16 bits per heavy atom. The van der Waals surface area contributed by atoms with Gasteiger partial charge >= 0.3 is 0 Å². The smallest absolute Gasteiger partial charge is 0.257 e. The molecule has 2 heterocycles. The Bertz CT molecular complexity index is 1020. The highest BCUT2D eigenvalue weighted by molar-refractivity contribution is 6.04. The van der Waals surface area contributed by atoms with Gasteiger partial charge in [-0.25, -0.2) is 4.98 Å². The van der Waals surface area contributed by atoms with E-state index in [1.54, 1.807) is 32.9 Å². The van der Waals surface area contributed by atoms with Crippen LogP contribution in [-0.2, 0) is 0 Å². The monoisotopic (exact) mass is 337 g/mol. The van der Waals surface area contributed by atoms with Crippen molar-refractivity contribution in [2.24, 2.45) is 0 Å².